The van der Waals surface area contributed by atoms with Crippen molar-refractivity contribution in [3.63, 3.8) is 0 Å². The minimum atomic E-state index is 0.0407. The number of fused-ring (bicyclic) bond motifs is 4. The van der Waals surface area contributed by atoms with Crippen LogP contribution in [0.3, 0.4) is 0 Å². The normalized spacial score (nSPS) is 22.3. The van der Waals surface area contributed by atoms with Gasteiger partial charge in [0.1, 0.15) is 0 Å². The fraction of sp³-hybridized carbons (Fsp3) is 0.421. The smallest absolute Gasteiger partial charge is 0.253 e. The molecule has 0 aliphatic carbocycles. The minimum absolute atomic E-state index is 0.0407. The van der Waals surface area contributed by atoms with E-state index in [0.717, 1.165) is 34.3 Å². The lowest BCUT2D eigenvalue weighted by molar-refractivity contribution is -0.0605. The van der Waals surface area contributed by atoms with E-state index >= 15 is 0 Å². The Labute approximate surface area is 150 Å². The largest absolute Gasteiger partial charge is 0.370 e. The van der Waals surface area contributed by atoms with Crippen LogP contribution in [0.25, 0.3) is 10.9 Å². The molecule has 1 saturated heterocycles. The highest BCUT2D eigenvalue weighted by Crippen LogP contribution is 2.31. The number of ether oxygens (including phenoxy) is 1. The van der Waals surface area contributed by atoms with Crippen LogP contribution in [-0.2, 0) is 11.3 Å². The number of likely N-dealkylation sites (tertiary alicyclic amines) is 1. The molecule has 0 spiro atoms. The molecule has 4 heterocycles. The molecular formula is C19H21N5O2. The lowest BCUT2D eigenvalue weighted by Gasteiger charge is -2.41. The first-order valence-electron chi connectivity index (χ1n) is 9.00. The van der Waals surface area contributed by atoms with E-state index in [1.807, 2.05) is 27.8 Å². The van der Waals surface area contributed by atoms with Gasteiger partial charge in [-0.1, -0.05) is 5.21 Å². The Bertz CT molecular complexity index is 1000. The zero-order valence-electron chi connectivity index (χ0n) is 14.9. The van der Waals surface area contributed by atoms with Crippen LogP contribution in [0.5, 0.6) is 0 Å². The van der Waals surface area contributed by atoms with Gasteiger partial charge in [0.25, 0.3) is 5.91 Å². The molecule has 2 aliphatic rings. The third-order valence-corrected chi connectivity index (χ3v) is 5.77. The van der Waals surface area contributed by atoms with Gasteiger partial charge in [-0.3, -0.25) is 4.79 Å². The van der Waals surface area contributed by atoms with Crippen molar-refractivity contribution in [2.45, 2.75) is 39.0 Å². The third-order valence-electron chi connectivity index (χ3n) is 5.77. The van der Waals surface area contributed by atoms with E-state index in [-0.39, 0.29) is 18.1 Å². The van der Waals surface area contributed by atoms with Crippen molar-refractivity contribution in [3.8, 4) is 0 Å². The summed E-state index contributed by atoms with van der Waals surface area (Å²) >= 11 is 0. The topological polar surface area (TPSA) is 76.0 Å². The van der Waals surface area contributed by atoms with Gasteiger partial charge in [-0.25, -0.2) is 4.68 Å². The molecule has 0 bridgehead atoms. The number of aromatic amines is 1. The number of hydrogen-bond acceptors (Lipinski definition) is 4. The Morgan fingerprint density at radius 2 is 2.23 bits per heavy atom. The summed E-state index contributed by atoms with van der Waals surface area (Å²) in [6, 6.07) is 5.94. The van der Waals surface area contributed by atoms with Crippen molar-refractivity contribution >= 4 is 16.8 Å². The third kappa shape index (κ3) is 2.27. The highest BCUT2D eigenvalue weighted by atomic mass is 16.5. The summed E-state index contributed by atoms with van der Waals surface area (Å²) in [6.45, 7) is 5.99. The maximum atomic E-state index is 13.1. The van der Waals surface area contributed by atoms with E-state index in [9.17, 15) is 4.79 Å². The van der Waals surface area contributed by atoms with Crippen LogP contribution in [0.2, 0.25) is 0 Å². The highest BCUT2D eigenvalue weighted by molar-refractivity contribution is 5.99. The number of carbonyl (C=O) groups excluding carboxylic acids is 1. The number of aromatic nitrogens is 4. The molecule has 0 saturated carbocycles. The molecule has 2 atom stereocenters. The first-order chi connectivity index (χ1) is 12.6. The summed E-state index contributed by atoms with van der Waals surface area (Å²) < 4.78 is 7.86. The number of carbonyl (C=O) groups is 1. The molecule has 0 radical (unpaired) electrons. The first kappa shape index (κ1) is 15.6. The summed E-state index contributed by atoms with van der Waals surface area (Å²) in [5.41, 5.74) is 5.11. The second kappa shape index (κ2) is 5.67. The Morgan fingerprint density at radius 1 is 1.35 bits per heavy atom. The number of nitrogens with zero attached hydrogens (tertiary/aromatic N) is 4. The van der Waals surface area contributed by atoms with Crippen molar-refractivity contribution in [2.75, 3.05) is 13.1 Å². The maximum absolute atomic E-state index is 13.1. The predicted molar refractivity (Wildman–Crippen MR) is 95.9 cm³/mol. The van der Waals surface area contributed by atoms with Crippen LogP contribution in [-0.4, -0.2) is 50.0 Å². The fourth-order valence-electron chi connectivity index (χ4n) is 4.14. The number of benzene rings is 1. The molecule has 2 unspecified atom stereocenters. The number of amides is 1. The van der Waals surface area contributed by atoms with Gasteiger partial charge in [0, 0.05) is 35.2 Å². The predicted octanol–water partition coefficient (Wildman–Crippen LogP) is 2.36. The Kier molecular flexibility index (Phi) is 3.40. The summed E-state index contributed by atoms with van der Waals surface area (Å²) in [5.74, 6) is 0.0656. The van der Waals surface area contributed by atoms with E-state index < -0.39 is 0 Å². The molecule has 2 aromatic heterocycles. The lowest BCUT2D eigenvalue weighted by Crippen LogP contribution is -2.49. The minimum Gasteiger partial charge on any atom is -0.370 e. The molecule has 3 aromatic rings. The van der Waals surface area contributed by atoms with Crippen molar-refractivity contribution < 1.29 is 9.53 Å². The van der Waals surface area contributed by atoms with Crippen molar-refractivity contribution in [1.29, 1.82) is 0 Å². The van der Waals surface area contributed by atoms with Gasteiger partial charge >= 0.3 is 0 Å². The molecule has 1 N–H and O–H groups in total. The van der Waals surface area contributed by atoms with Gasteiger partial charge in [0.15, 0.2) is 0 Å². The Balaban J connectivity index is 1.44. The number of nitrogens with one attached hydrogen (secondary N) is 1. The van der Waals surface area contributed by atoms with E-state index in [0.29, 0.717) is 19.7 Å². The average molecular weight is 351 g/mol. The van der Waals surface area contributed by atoms with Crippen LogP contribution in [0.4, 0.5) is 0 Å². The van der Waals surface area contributed by atoms with Gasteiger partial charge in [-0.2, -0.15) is 0 Å². The standard InChI is InChI=1S/C19H21N5O2/c1-11-12(2)21-16-4-3-13(7-15(11)16)19(25)23-6-5-18-17(9-23)24-14(10-26-18)8-20-22-24/h3-4,7-8,17-18,21H,5-6,9-10H2,1-2H3. The number of H-pyrrole nitrogens is 1. The second-order valence-corrected chi connectivity index (χ2v) is 7.26. The van der Waals surface area contributed by atoms with Crippen molar-refractivity contribution in [3.05, 3.63) is 46.9 Å². The lowest BCUT2D eigenvalue weighted by atomic mass is 9.99. The zero-order valence-corrected chi connectivity index (χ0v) is 14.9. The van der Waals surface area contributed by atoms with Crippen LogP contribution in [0, 0.1) is 13.8 Å². The number of aryl methyl sites for hydroxylation is 2. The molecule has 1 amide bonds. The highest BCUT2D eigenvalue weighted by Gasteiger charge is 2.38. The quantitative estimate of drug-likeness (QED) is 0.730. The number of hydrogen-bond donors (Lipinski definition) is 1. The van der Waals surface area contributed by atoms with E-state index in [1.165, 1.54) is 5.56 Å². The van der Waals surface area contributed by atoms with Gasteiger partial charge in [-0.15, -0.1) is 5.10 Å². The molecule has 7 heteroatoms. The van der Waals surface area contributed by atoms with Gasteiger partial charge in [0.2, 0.25) is 0 Å². The summed E-state index contributed by atoms with van der Waals surface area (Å²) in [5, 5.41) is 9.32. The maximum Gasteiger partial charge on any atom is 0.253 e. The average Bonchev–Trinajstić information content (AvgIpc) is 3.25. The van der Waals surface area contributed by atoms with Gasteiger partial charge in [0.05, 0.1) is 30.6 Å². The van der Waals surface area contributed by atoms with E-state index in [2.05, 4.69) is 29.1 Å². The SMILES string of the molecule is Cc1[nH]c2ccc(C(=O)N3CCC4OCc5cnnn5C4C3)cc2c1C. The van der Waals surface area contributed by atoms with Crippen LogP contribution in [0.15, 0.2) is 24.4 Å². The van der Waals surface area contributed by atoms with Crippen molar-refractivity contribution in [2.24, 2.45) is 0 Å². The Morgan fingerprint density at radius 3 is 3.12 bits per heavy atom. The number of piperidine rings is 1. The molecule has 5 rings (SSSR count). The molecule has 1 aromatic carbocycles. The fourth-order valence-corrected chi connectivity index (χ4v) is 4.14. The summed E-state index contributed by atoms with van der Waals surface area (Å²) in [7, 11) is 0. The van der Waals surface area contributed by atoms with E-state index in [1.54, 1.807) is 6.20 Å². The van der Waals surface area contributed by atoms with Crippen LogP contribution >= 0.6 is 0 Å². The molecule has 1 fully saturated rings. The molecular weight excluding hydrogens is 330 g/mol. The Hall–Kier alpha value is -2.67. The van der Waals surface area contributed by atoms with Crippen LogP contribution < -0.4 is 0 Å². The second-order valence-electron chi connectivity index (χ2n) is 7.26. The first-order valence-corrected chi connectivity index (χ1v) is 9.00. The van der Waals surface area contributed by atoms with Gasteiger partial charge < -0.3 is 14.6 Å². The monoisotopic (exact) mass is 351 g/mol. The summed E-state index contributed by atoms with van der Waals surface area (Å²) in [6.07, 6.45) is 2.66. The van der Waals surface area contributed by atoms with Crippen molar-refractivity contribution in [1.82, 2.24) is 24.9 Å². The summed E-state index contributed by atoms with van der Waals surface area (Å²) in [4.78, 5) is 18.4. The molecule has 134 valence electrons. The molecule has 2 aliphatic heterocycles. The molecule has 7 nitrogen and oxygen atoms in total. The van der Waals surface area contributed by atoms with E-state index in [4.69, 9.17) is 4.74 Å². The zero-order chi connectivity index (χ0) is 17.8. The number of rotatable bonds is 1. The van der Waals surface area contributed by atoms with Gasteiger partial charge in [-0.05, 0) is 44.0 Å². The molecule has 26 heavy (non-hydrogen) atoms. The van der Waals surface area contributed by atoms with Crippen LogP contribution in [0.1, 0.15) is 39.8 Å².